The van der Waals surface area contributed by atoms with Crippen LogP contribution in [0.2, 0.25) is 0 Å². The van der Waals surface area contributed by atoms with Gasteiger partial charge in [0, 0.05) is 54.8 Å². The summed E-state index contributed by atoms with van der Waals surface area (Å²) >= 11 is 0. The van der Waals surface area contributed by atoms with Crippen molar-refractivity contribution in [1.82, 2.24) is 0 Å². The van der Waals surface area contributed by atoms with Gasteiger partial charge in [0.15, 0.2) is 54.5 Å². The Bertz CT molecular complexity index is 1610. The first kappa shape index (κ1) is 47.4. The van der Waals surface area contributed by atoms with Crippen LogP contribution in [-0.4, -0.2) is 91.7 Å². The van der Waals surface area contributed by atoms with Crippen LogP contribution in [0.25, 0.3) is 0 Å². The Labute approximate surface area is 398 Å². The van der Waals surface area contributed by atoms with Gasteiger partial charge < -0.3 is 42.6 Å². The maximum absolute atomic E-state index is 6.83. The highest BCUT2D eigenvalue weighted by Crippen LogP contribution is 2.64. The fraction of sp³-hybridized carbons (Fsp3) is 1.00. The number of hydrogen-bond acceptors (Lipinski definition) is 15. The fourth-order valence-corrected chi connectivity index (χ4v) is 16.7. The van der Waals surface area contributed by atoms with E-state index in [1.54, 1.807) is 0 Å². The van der Waals surface area contributed by atoms with Gasteiger partial charge >= 0.3 is 0 Å². The molecule has 15 nitrogen and oxygen atoms in total. The fourth-order valence-electron chi connectivity index (χ4n) is 16.7. The first-order valence-corrected chi connectivity index (χ1v) is 27.1. The predicted octanol–water partition coefficient (Wildman–Crippen LogP) is 9.45. The third-order valence-corrected chi connectivity index (χ3v) is 20.7. The normalized spacial score (nSPS) is 57.6. The smallest absolute Gasteiger partial charge is 0.201 e. The molecule has 380 valence electrons. The predicted molar refractivity (Wildman–Crippen MR) is 236 cm³/mol. The summed E-state index contributed by atoms with van der Waals surface area (Å²) in [6, 6.07) is 0. The molecular formula is C52H82O15. The first-order valence-electron chi connectivity index (χ1n) is 27.1. The van der Waals surface area contributed by atoms with Gasteiger partial charge in [-0.05, 0) is 139 Å². The molecule has 6 bridgehead atoms. The summed E-state index contributed by atoms with van der Waals surface area (Å²) in [6.45, 7) is 21.3. The van der Waals surface area contributed by atoms with E-state index in [-0.39, 0.29) is 41.4 Å². The van der Waals surface area contributed by atoms with E-state index in [0.29, 0.717) is 55.3 Å². The average Bonchev–Trinajstić information content (AvgIpc) is 3.78. The average molecular weight is 947 g/mol. The lowest BCUT2D eigenvalue weighted by atomic mass is 9.58. The van der Waals surface area contributed by atoms with Crippen LogP contribution in [0.1, 0.15) is 159 Å². The summed E-state index contributed by atoms with van der Waals surface area (Å²) in [6.07, 6.45) is 11.4. The van der Waals surface area contributed by atoms with Gasteiger partial charge in [0.05, 0.1) is 19.8 Å². The quantitative estimate of drug-likeness (QED) is 0.172. The molecule has 15 rings (SSSR count). The molecule has 3 spiro atoms. The summed E-state index contributed by atoms with van der Waals surface area (Å²) in [4.78, 5) is 37.5. The van der Waals surface area contributed by atoms with Crippen LogP contribution >= 0.6 is 0 Å². The molecule has 0 aromatic rings. The van der Waals surface area contributed by atoms with Gasteiger partial charge in [0.1, 0.15) is 0 Å². The Kier molecular flexibility index (Phi) is 12.2. The van der Waals surface area contributed by atoms with Crippen molar-refractivity contribution >= 4 is 0 Å². The Balaban J connectivity index is 0.730. The molecule has 15 fully saturated rings. The van der Waals surface area contributed by atoms with Crippen LogP contribution in [0.15, 0.2) is 0 Å². The highest BCUT2D eigenvalue weighted by Gasteiger charge is 2.72. The monoisotopic (exact) mass is 947 g/mol. The van der Waals surface area contributed by atoms with Gasteiger partial charge in [-0.3, -0.25) is 0 Å². The van der Waals surface area contributed by atoms with E-state index in [9.17, 15) is 0 Å². The number of ether oxygens (including phenoxy) is 9. The number of fused-ring (bicyclic) bond motifs is 6. The number of rotatable bonds is 12. The van der Waals surface area contributed by atoms with Gasteiger partial charge in [-0.2, -0.15) is 0 Å². The zero-order valence-electron chi connectivity index (χ0n) is 41.8. The van der Waals surface area contributed by atoms with Crippen molar-refractivity contribution < 1.29 is 72.0 Å². The third kappa shape index (κ3) is 7.41. The van der Waals surface area contributed by atoms with Crippen molar-refractivity contribution in [3.63, 3.8) is 0 Å². The third-order valence-electron chi connectivity index (χ3n) is 20.7. The summed E-state index contributed by atoms with van der Waals surface area (Å²) in [5.41, 5.74) is -1.86. The molecule has 6 unspecified atom stereocenters. The molecule has 0 N–H and O–H groups in total. The van der Waals surface area contributed by atoms with Crippen molar-refractivity contribution in [2.75, 3.05) is 19.8 Å². The highest BCUT2D eigenvalue weighted by molar-refractivity contribution is 5.12. The molecule has 0 radical (unpaired) electrons. The molecule has 0 amide bonds. The Morgan fingerprint density at radius 3 is 0.985 bits per heavy atom. The van der Waals surface area contributed by atoms with E-state index in [2.05, 4.69) is 41.5 Å². The van der Waals surface area contributed by atoms with Crippen molar-refractivity contribution in [1.29, 1.82) is 0 Å². The molecule has 12 aliphatic heterocycles. The van der Waals surface area contributed by atoms with E-state index in [4.69, 9.17) is 72.0 Å². The lowest BCUT2D eigenvalue weighted by molar-refractivity contribution is -0.577. The molecule has 3 saturated carbocycles. The molecule has 0 aromatic carbocycles. The van der Waals surface area contributed by atoms with Gasteiger partial charge in [-0.25, -0.2) is 29.3 Å². The largest absolute Gasteiger partial charge is 0.352 e. The minimum atomic E-state index is -0.830. The number of hydrogen-bond donors (Lipinski definition) is 0. The Morgan fingerprint density at radius 2 is 0.687 bits per heavy atom. The standard InChI is InChI=1S/C52H82O15/c1-28-10-13-38-31(4)41(56-44-50(38)35(28)16-22-47(7,59-44)62-65-50)53-25-19-34(20-26-54-42-32(5)39-14-11-29(2)36-17-23-48(8)60-45(57-42)51(36,39)66-63-48)21-27-55-43-33(6)40-15-12-30(3)37-18-24-49(9)61-46(58-43)52(37,40)67-64-49/h28-46H,10-27H2,1-9H3/t28-,29-,30-,31-,32-,33-,34?,35+,36+,37+,38+,39+,40+,41?,42?,43?,44-,45-,46-,47?,48?,49?,50-,51-,52-/m1/s1. The van der Waals surface area contributed by atoms with E-state index >= 15 is 0 Å². The van der Waals surface area contributed by atoms with Crippen molar-refractivity contribution in [2.45, 2.75) is 231 Å². The first-order chi connectivity index (χ1) is 32.1. The molecule has 0 aromatic heterocycles. The van der Waals surface area contributed by atoms with Crippen molar-refractivity contribution in [2.24, 2.45) is 76.9 Å². The summed E-state index contributed by atoms with van der Waals surface area (Å²) in [5.74, 6) is 1.10. The van der Waals surface area contributed by atoms with Crippen LogP contribution < -0.4 is 0 Å². The van der Waals surface area contributed by atoms with Crippen LogP contribution in [0, 0.1) is 76.9 Å². The molecule has 15 aliphatic rings. The van der Waals surface area contributed by atoms with Crippen molar-refractivity contribution in [3.8, 4) is 0 Å². The second-order valence-corrected chi connectivity index (χ2v) is 24.7. The lowest BCUT2D eigenvalue weighted by Gasteiger charge is -2.60. The van der Waals surface area contributed by atoms with Crippen LogP contribution in [0.3, 0.4) is 0 Å². The minimum absolute atomic E-state index is 0.105. The molecular weight excluding hydrogens is 865 g/mol. The van der Waals surface area contributed by atoms with Crippen LogP contribution in [0.4, 0.5) is 0 Å². The zero-order valence-corrected chi connectivity index (χ0v) is 41.8. The van der Waals surface area contributed by atoms with E-state index in [1.807, 2.05) is 20.8 Å². The molecule has 3 aliphatic carbocycles. The van der Waals surface area contributed by atoms with E-state index in [0.717, 1.165) is 96.3 Å². The molecule has 12 saturated heterocycles. The maximum Gasteiger partial charge on any atom is 0.201 e. The zero-order chi connectivity index (χ0) is 46.3. The topological polar surface area (TPSA) is 138 Å². The van der Waals surface area contributed by atoms with Gasteiger partial charge in [-0.15, -0.1) is 0 Å². The molecule has 15 heteroatoms. The lowest BCUT2D eigenvalue weighted by Crippen LogP contribution is -2.70. The second-order valence-electron chi connectivity index (χ2n) is 24.7. The highest BCUT2D eigenvalue weighted by atomic mass is 17.3. The Hall–Kier alpha value is -0.600. The maximum atomic E-state index is 6.83. The van der Waals surface area contributed by atoms with Crippen LogP contribution in [-0.2, 0) is 72.0 Å². The summed E-state index contributed by atoms with van der Waals surface area (Å²) < 4.78 is 60.9. The summed E-state index contributed by atoms with van der Waals surface area (Å²) in [7, 11) is 0. The van der Waals surface area contributed by atoms with Crippen LogP contribution in [0.5, 0.6) is 0 Å². The van der Waals surface area contributed by atoms with Crippen molar-refractivity contribution in [3.05, 3.63) is 0 Å². The second kappa shape index (κ2) is 17.2. The SMILES string of the molecule is C[C@@H]1CC[C@H]2[C@@H](C)C(OCCC(CCOC3O[C@@H]4OC5(C)CC[C@H]6[C@H](C)CC[C@@H]([C@H]3C)[C@@]46OO5)CCOC3O[C@@H]4OC5(C)CC[C@H]6[C@H](C)CC[C@@H]([C@H]3C)[C@@]46OO5)O[C@@H]3OC4(C)CC[C@@H]1[C@]32OO4. The van der Waals surface area contributed by atoms with E-state index in [1.165, 1.54) is 0 Å². The Morgan fingerprint density at radius 1 is 0.388 bits per heavy atom. The summed E-state index contributed by atoms with van der Waals surface area (Å²) in [5, 5.41) is 0. The minimum Gasteiger partial charge on any atom is -0.352 e. The van der Waals surface area contributed by atoms with E-state index < -0.39 is 71.9 Å². The van der Waals surface area contributed by atoms with Gasteiger partial charge in [-0.1, -0.05) is 41.5 Å². The van der Waals surface area contributed by atoms with Gasteiger partial charge in [0.2, 0.25) is 17.4 Å². The molecule has 67 heavy (non-hydrogen) atoms. The molecule has 12 heterocycles. The van der Waals surface area contributed by atoms with Gasteiger partial charge in [0.25, 0.3) is 0 Å². The molecule has 24 atom stereocenters.